The van der Waals surface area contributed by atoms with Gasteiger partial charge in [0.05, 0.1) is 10.6 Å². The van der Waals surface area contributed by atoms with E-state index in [1.165, 1.54) is 11.8 Å². The van der Waals surface area contributed by atoms with Gasteiger partial charge in [-0.25, -0.2) is 4.98 Å². The molecule has 2 heterocycles. The molecule has 106 valence electrons. The van der Waals surface area contributed by atoms with Crippen molar-refractivity contribution in [3.8, 4) is 10.7 Å². The molecule has 2 aromatic heterocycles. The number of anilines is 1. The molecule has 1 amide bonds. The molecular formula is C14H12N4OS2. The molecule has 0 fully saturated rings. The van der Waals surface area contributed by atoms with Gasteiger partial charge in [-0.15, -0.1) is 16.4 Å². The van der Waals surface area contributed by atoms with Gasteiger partial charge in [0.1, 0.15) is 0 Å². The fourth-order valence-electron chi connectivity index (χ4n) is 1.68. The number of hydrogen-bond donors (Lipinski definition) is 2. The van der Waals surface area contributed by atoms with Crippen LogP contribution in [0.4, 0.5) is 5.69 Å². The van der Waals surface area contributed by atoms with Gasteiger partial charge in [0, 0.05) is 5.69 Å². The van der Waals surface area contributed by atoms with Crippen molar-refractivity contribution in [2.24, 2.45) is 0 Å². The number of amides is 1. The SMILES string of the molecule is O=C(CSc1n[nH]c(-c2cccs2)n1)Nc1ccccc1. The molecule has 7 heteroatoms. The molecule has 3 aromatic rings. The Kier molecular flexibility index (Phi) is 4.32. The second-order valence-corrected chi connectivity index (χ2v) is 6.04. The average Bonchev–Trinajstić information content (AvgIpc) is 3.17. The van der Waals surface area contributed by atoms with Gasteiger partial charge in [-0.2, -0.15) is 0 Å². The van der Waals surface area contributed by atoms with E-state index in [9.17, 15) is 4.79 Å². The number of carbonyl (C=O) groups is 1. The molecule has 0 radical (unpaired) electrons. The Hall–Kier alpha value is -2.12. The predicted molar refractivity (Wildman–Crippen MR) is 85.5 cm³/mol. The van der Waals surface area contributed by atoms with Crippen LogP contribution < -0.4 is 5.32 Å². The third kappa shape index (κ3) is 3.71. The van der Waals surface area contributed by atoms with Crippen LogP contribution in [0.3, 0.4) is 0 Å². The number of thioether (sulfide) groups is 1. The second-order valence-electron chi connectivity index (χ2n) is 4.15. The molecule has 0 aliphatic heterocycles. The zero-order chi connectivity index (χ0) is 14.5. The van der Waals surface area contributed by atoms with Gasteiger partial charge in [-0.3, -0.25) is 9.89 Å². The van der Waals surface area contributed by atoms with Gasteiger partial charge in [0.15, 0.2) is 5.82 Å². The molecule has 3 rings (SSSR count). The molecule has 1 aromatic carbocycles. The van der Waals surface area contributed by atoms with Gasteiger partial charge in [-0.1, -0.05) is 36.0 Å². The summed E-state index contributed by atoms with van der Waals surface area (Å²) < 4.78 is 0. The Morgan fingerprint density at radius 3 is 2.86 bits per heavy atom. The Labute approximate surface area is 129 Å². The summed E-state index contributed by atoms with van der Waals surface area (Å²) in [5.74, 6) is 0.932. The summed E-state index contributed by atoms with van der Waals surface area (Å²) in [5.41, 5.74) is 0.789. The maximum atomic E-state index is 11.8. The summed E-state index contributed by atoms with van der Waals surface area (Å²) in [4.78, 5) is 17.2. The summed E-state index contributed by atoms with van der Waals surface area (Å²) >= 11 is 2.90. The normalized spacial score (nSPS) is 10.5. The monoisotopic (exact) mass is 316 g/mol. The number of thiophene rings is 1. The molecule has 0 aliphatic rings. The molecule has 2 N–H and O–H groups in total. The van der Waals surface area contributed by atoms with Crippen LogP contribution in [0.1, 0.15) is 0 Å². The number of carbonyl (C=O) groups excluding carboxylic acids is 1. The first kappa shape index (κ1) is 13.8. The van der Waals surface area contributed by atoms with E-state index in [2.05, 4.69) is 20.5 Å². The fraction of sp³-hybridized carbons (Fsp3) is 0.0714. The largest absolute Gasteiger partial charge is 0.325 e. The van der Waals surface area contributed by atoms with E-state index >= 15 is 0 Å². The number of nitrogens with one attached hydrogen (secondary N) is 2. The fourth-order valence-corrected chi connectivity index (χ4v) is 2.95. The summed E-state index contributed by atoms with van der Waals surface area (Å²) in [6, 6.07) is 13.3. The topological polar surface area (TPSA) is 70.7 Å². The maximum absolute atomic E-state index is 11.8. The highest BCUT2D eigenvalue weighted by molar-refractivity contribution is 7.99. The van der Waals surface area contributed by atoms with Crippen LogP contribution in [0.5, 0.6) is 0 Å². The molecule has 0 spiro atoms. The van der Waals surface area contributed by atoms with E-state index in [1.54, 1.807) is 11.3 Å². The van der Waals surface area contributed by atoms with Crippen molar-refractivity contribution < 1.29 is 4.79 Å². The number of aromatic nitrogens is 3. The zero-order valence-electron chi connectivity index (χ0n) is 10.9. The van der Waals surface area contributed by atoms with Gasteiger partial charge < -0.3 is 5.32 Å². The van der Waals surface area contributed by atoms with E-state index < -0.39 is 0 Å². The first-order valence-corrected chi connectivity index (χ1v) is 8.12. The van der Waals surface area contributed by atoms with Gasteiger partial charge >= 0.3 is 0 Å². The second kappa shape index (κ2) is 6.55. The predicted octanol–water partition coefficient (Wildman–Crippen LogP) is 3.26. The summed E-state index contributed by atoms with van der Waals surface area (Å²) in [5, 5.41) is 12.4. The van der Waals surface area contributed by atoms with E-state index in [0.717, 1.165) is 16.4 Å². The minimum Gasteiger partial charge on any atom is -0.325 e. The average molecular weight is 316 g/mol. The number of nitrogens with zero attached hydrogens (tertiary/aromatic N) is 2. The van der Waals surface area contributed by atoms with Crippen LogP contribution in [0.25, 0.3) is 10.7 Å². The lowest BCUT2D eigenvalue weighted by Gasteiger charge is -2.02. The summed E-state index contributed by atoms with van der Waals surface area (Å²) in [6.45, 7) is 0. The van der Waals surface area contributed by atoms with Gasteiger partial charge in [-0.05, 0) is 23.6 Å². The number of hydrogen-bond acceptors (Lipinski definition) is 5. The third-order valence-electron chi connectivity index (χ3n) is 2.61. The Morgan fingerprint density at radius 1 is 1.24 bits per heavy atom. The summed E-state index contributed by atoms with van der Waals surface area (Å²) in [7, 11) is 0. The number of aromatic amines is 1. The highest BCUT2D eigenvalue weighted by atomic mass is 32.2. The number of para-hydroxylation sites is 1. The van der Waals surface area contributed by atoms with E-state index in [-0.39, 0.29) is 11.7 Å². The molecular weight excluding hydrogens is 304 g/mol. The molecule has 0 bridgehead atoms. The van der Waals surface area contributed by atoms with Crippen molar-refractivity contribution in [2.75, 3.05) is 11.1 Å². The molecule has 0 saturated heterocycles. The minimum absolute atomic E-state index is 0.0753. The molecule has 5 nitrogen and oxygen atoms in total. The Balaban J connectivity index is 1.54. The number of rotatable bonds is 5. The lowest BCUT2D eigenvalue weighted by atomic mass is 10.3. The Morgan fingerprint density at radius 2 is 2.10 bits per heavy atom. The first-order valence-electron chi connectivity index (χ1n) is 6.25. The van der Waals surface area contributed by atoms with E-state index in [4.69, 9.17) is 0 Å². The van der Waals surface area contributed by atoms with Crippen molar-refractivity contribution in [2.45, 2.75) is 5.16 Å². The standard InChI is InChI=1S/C14H12N4OS2/c19-12(15-10-5-2-1-3-6-10)9-21-14-16-13(17-18-14)11-7-4-8-20-11/h1-8H,9H2,(H,15,19)(H,16,17,18). The van der Waals surface area contributed by atoms with Crippen LogP contribution in [0.15, 0.2) is 53.0 Å². The zero-order valence-corrected chi connectivity index (χ0v) is 12.6. The lowest BCUT2D eigenvalue weighted by molar-refractivity contribution is -0.113. The quantitative estimate of drug-likeness (QED) is 0.709. The molecule has 0 atom stereocenters. The molecule has 21 heavy (non-hydrogen) atoms. The van der Waals surface area contributed by atoms with Crippen molar-refractivity contribution in [3.63, 3.8) is 0 Å². The Bertz CT molecular complexity index is 710. The number of benzene rings is 1. The van der Waals surface area contributed by atoms with Crippen molar-refractivity contribution in [1.82, 2.24) is 15.2 Å². The third-order valence-corrected chi connectivity index (χ3v) is 4.33. The minimum atomic E-state index is -0.0753. The van der Waals surface area contributed by atoms with E-state index in [1.807, 2.05) is 47.8 Å². The van der Waals surface area contributed by atoms with Crippen molar-refractivity contribution in [3.05, 3.63) is 47.8 Å². The number of H-pyrrole nitrogens is 1. The maximum Gasteiger partial charge on any atom is 0.234 e. The van der Waals surface area contributed by atoms with Crippen molar-refractivity contribution >= 4 is 34.7 Å². The highest BCUT2D eigenvalue weighted by Crippen LogP contribution is 2.23. The molecule has 0 saturated carbocycles. The van der Waals surface area contributed by atoms with Crippen LogP contribution in [-0.2, 0) is 4.79 Å². The molecule has 0 aliphatic carbocycles. The smallest absolute Gasteiger partial charge is 0.234 e. The lowest BCUT2D eigenvalue weighted by Crippen LogP contribution is -2.13. The van der Waals surface area contributed by atoms with E-state index in [0.29, 0.717) is 5.16 Å². The van der Waals surface area contributed by atoms with Crippen LogP contribution in [0, 0.1) is 0 Å². The van der Waals surface area contributed by atoms with Crippen molar-refractivity contribution in [1.29, 1.82) is 0 Å². The highest BCUT2D eigenvalue weighted by Gasteiger charge is 2.09. The van der Waals surface area contributed by atoms with Gasteiger partial charge in [0.2, 0.25) is 11.1 Å². The van der Waals surface area contributed by atoms with Gasteiger partial charge in [0.25, 0.3) is 0 Å². The van der Waals surface area contributed by atoms with Crippen LogP contribution >= 0.6 is 23.1 Å². The first-order chi connectivity index (χ1) is 10.3. The van der Waals surface area contributed by atoms with Crippen LogP contribution in [0.2, 0.25) is 0 Å². The molecule has 0 unspecified atom stereocenters. The van der Waals surface area contributed by atoms with Crippen LogP contribution in [-0.4, -0.2) is 26.8 Å². The summed E-state index contributed by atoms with van der Waals surface area (Å²) in [6.07, 6.45) is 0.